The lowest BCUT2D eigenvalue weighted by Crippen LogP contribution is -2.28. The van der Waals surface area contributed by atoms with Crippen LogP contribution in [0.25, 0.3) is 0 Å². The standard InChI is InChI=1S/C50H96NO7P/c1-3-5-7-9-11-13-15-17-19-21-22-23-24-25-26-28-30-32-34-36-38-40-42-45-55-47-49(48-57-59(53,54)56-46-44-51)58-50(52)43-41-39-37-35-33-31-29-27-20-18-16-14-12-10-8-6-4-2/h6,8,12,14,18,20,49H,3-5,7,9-11,13,15-17,19,21-48,51H2,1-2H3,(H,53,54)/b8-6-,14-12-,20-18-. The quantitative estimate of drug-likeness (QED) is 0.0269. The first-order valence-corrected chi connectivity index (χ1v) is 26.5. The summed E-state index contributed by atoms with van der Waals surface area (Å²) in [6.07, 6.45) is 56.1. The first kappa shape index (κ1) is 57.7. The smallest absolute Gasteiger partial charge is 0.457 e. The van der Waals surface area contributed by atoms with E-state index in [-0.39, 0.29) is 32.3 Å². The maximum Gasteiger partial charge on any atom is 0.472 e. The fourth-order valence-electron chi connectivity index (χ4n) is 7.19. The Bertz CT molecular complexity index is 1000. The van der Waals surface area contributed by atoms with Crippen LogP contribution in [0.5, 0.6) is 0 Å². The van der Waals surface area contributed by atoms with Crippen molar-refractivity contribution in [2.45, 2.75) is 245 Å². The zero-order valence-electron chi connectivity index (χ0n) is 38.7. The van der Waals surface area contributed by atoms with Crippen molar-refractivity contribution in [2.75, 3.05) is 33.0 Å². The summed E-state index contributed by atoms with van der Waals surface area (Å²) in [7, 11) is -4.28. The molecule has 8 nitrogen and oxygen atoms in total. The molecule has 0 radical (unpaired) electrons. The van der Waals surface area contributed by atoms with Gasteiger partial charge in [0, 0.05) is 19.6 Å². The van der Waals surface area contributed by atoms with E-state index in [1.54, 1.807) is 0 Å². The van der Waals surface area contributed by atoms with Crippen LogP contribution in [0.4, 0.5) is 0 Å². The summed E-state index contributed by atoms with van der Waals surface area (Å²) in [6, 6.07) is 0. The predicted molar refractivity (Wildman–Crippen MR) is 252 cm³/mol. The SMILES string of the molecule is CC/C=C\C/C=C\C/C=C\CCCCCCCCCC(=O)OC(COCCCCCCCCCCCCCCCCCCCCCCCCC)COP(=O)(O)OCCN. The summed E-state index contributed by atoms with van der Waals surface area (Å²) in [5.74, 6) is -0.337. The molecule has 0 saturated carbocycles. The molecule has 0 aromatic heterocycles. The maximum atomic E-state index is 12.6. The Kier molecular flexibility index (Phi) is 46.7. The highest BCUT2D eigenvalue weighted by Crippen LogP contribution is 2.43. The van der Waals surface area contributed by atoms with E-state index >= 15 is 0 Å². The lowest BCUT2D eigenvalue weighted by atomic mass is 10.0. The largest absolute Gasteiger partial charge is 0.472 e. The summed E-state index contributed by atoms with van der Waals surface area (Å²) in [4.78, 5) is 22.6. The van der Waals surface area contributed by atoms with Gasteiger partial charge in [0.15, 0.2) is 0 Å². The van der Waals surface area contributed by atoms with Crippen molar-refractivity contribution in [3.05, 3.63) is 36.5 Å². The van der Waals surface area contributed by atoms with Crippen molar-refractivity contribution in [3.63, 3.8) is 0 Å². The third-order valence-corrected chi connectivity index (χ3v) is 11.8. The zero-order valence-corrected chi connectivity index (χ0v) is 39.6. The van der Waals surface area contributed by atoms with Gasteiger partial charge < -0.3 is 20.1 Å². The Morgan fingerprint density at radius 3 is 1.42 bits per heavy atom. The average molecular weight is 854 g/mol. The van der Waals surface area contributed by atoms with Crippen LogP contribution in [0.1, 0.15) is 239 Å². The minimum Gasteiger partial charge on any atom is -0.457 e. The van der Waals surface area contributed by atoms with Gasteiger partial charge in [0.2, 0.25) is 0 Å². The van der Waals surface area contributed by atoms with Crippen LogP contribution in [0.15, 0.2) is 36.5 Å². The first-order valence-electron chi connectivity index (χ1n) is 25.0. The van der Waals surface area contributed by atoms with Crippen LogP contribution in [-0.4, -0.2) is 49.9 Å². The Labute approximate surface area is 365 Å². The normalized spacial score (nSPS) is 13.6. The highest BCUT2D eigenvalue weighted by atomic mass is 31.2. The molecular weight excluding hydrogens is 758 g/mol. The van der Waals surface area contributed by atoms with E-state index in [4.69, 9.17) is 24.3 Å². The second-order valence-electron chi connectivity index (χ2n) is 16.7. The summed E-state index contributed by atoms with van der Waals surface area (Å²) in [5.41, 5.74) is 5.38. The van der Waals surface area contributed by atoms with Gasteiger partial charge in [-0.25, -0.2) is 4.57 Å². The number of esters is 1. The van der Waals surface area contributed by atoms with Crippen LogP contribution in [-0.2, 0) is 27.9 Å². The van der Waals surface area contributed by atoms with Gasteiger partial charge in [-0.05, 0) is 44.9 Å². The lowest BCUT2D eigenvalue weighted by Gasteiger charge is -2.20. The van der Waals surface area contributed by atoms with E-state index in [1.165, 1.54) is 161 Å². The number of hydrogen-bond donors (Lipinski definition) is 2. The summed E-state index contributed by atoms with van der Waals surface area (Å²) in [6.45, 7) is 4.84. The highest BCUT2D eigenvalue weighted by Gasteiger charge is 2.25. The van der Waals surface area contributed by atoms with Crippen LogP contribution in [0.3, 0.4) is 0 Å². The molecule has 0 aliphatic carbocycles. The zero-order chi connectivity index (χ0) is 43.0. The molecule has 0 aliphatic heterocycles. The number of phosphoric ester groups is 1. The van der Waals surface area contributed by atoms with E-state index in [0.29, 0.717) is 13.0 Å². The Hall–Kier alpha value is -1.28. The first-order chi connectivity index (χ1) is 28.9. The van der Waals surface area contributed by atoms with E-state index in [2.05, 4.69) is 50.3 Å². The molecular formula is C50H96NO7P. The Balaban J connectivity index is 3.91. The number of carbonyl (C=O) groups is 1. The van der Waals surface area contributed by atoms with Gasteiger partial charge >= 0.3 is 13.8 Å². The molecule has 0 bridgehead atoms. The molecule has 9 heteroatoms. The number of nitrogens with two attached hydrogens (primary N) is 1. The average Bonchev–Trinajstić information content (AvgIpc) is 3.23. The molecule has 0 aromatic rings. The van der Waals surface area contributed by atoms with Crippen molar-refractivity contribution >= 4 is 13.8 Å². The summed E-state index contributed by atoms with van der Waals surface area (Å²) < 4.78 is 33.6. The molecule has 59 heavy (non-hydrogen) atoms. The van der Waals surface area contributed by atoms with Gasteiger partial charge in [0.1, 0.15) is 6.10 Å². The topological polar surface area (TPSA) is 117 Å². The fourth-order valence-corrected chi connectivity index (χ4v) is 7.96. The summed E-state index contributed by atoms with van der Waals surface area (Å²) >= 11 is 0. The van der Waals surface area contributed by atoms with Gasteiger partial charge in [-0.15, -0.1) is 0 Å². The van der Waals surface area contributed by atoms with E-state index in [0.717, 1.165) is 57.8 Å². The molecule has 0 fully saturated rings. The van der Waals surface area contributed by atoms with Crippen LogP contribution in [0.2, 0.25) is 0 Å². The molecule has 0 aliphatic rings. The molecule has 0 spiro atoms. The van der Waals surface area contributed by atoms with E-state index in [9.17, 15) is 14.3 Å². The minimum absolute atomic E-state index is 0.0965. The summed E-state index contributed by atoms with van der Waals surface area (Å²) in [5, 5.41) is 0. The van der Waals surface area contributed by atoms with E-state index in [1.807, 2.05) is 0 Å². The number of rotatable bonds is 48. The number of allylic oxidation sites excluding steroid dienone is 6. The van der Waals surface area contributed by atoms with Crippen molar-refractivity contribution < 1.29 is 32.8 Å². The number of unbranched alkanes of at least 4 members (excludes halogenated alkanes) is 29. The van der Waals surface area contributed by atoms with Crippen LogP contribution >= 0.6 is 7.82 Å². The third-order valence-electron chi connectivity index (χ3n) is 10.8. The van der Waals surface area contributed by atoms with Crippen molar-refractivity contribution in [1.29, 1.82) is 0 Å². The lowest BCUT2D eigenvalue weighted by molar-refractivity contribution is -0.154. The number of hydrogen-bond acceptors (Lipinski definition) is 7. The molecule has 0 aromatic carbocycles. The van der Waals surface area contributed by atoms with Crippen molar-refractivity contribution in [2.24, 2.45) is 5.73 Å². The second-order valence-corrected chi connectivity index (χ2v) is 18.1. The molecule has 348 valence electrons. The molecule has 0 saturated heterocycles. The Morgan fingerprint density at radius 2 is 0.949 bits per heavy atom. The third kappa shape index (κ3) is 47.6. The van der Waals surface area contributed by atoms with Crippen molar-refractivity contribution in [3.8, 4) is 0 Å². The number of ether oxygens (including phenoxy) is 2. The molecule has 3 N–H and O–H groups in total. The number of carbonyl (C=O) groups excluding carboxylic acids is 1. The molecule has 2 atom stereocenters. The van der Waals surface area contributed by atoms with Gasteiger partial charge in [0.05, 0.1) is 19.8 Å². The molecule has 0 rings (SSSR count). The molecule has 0 amide bonds. The monoisotopic (exact) mass is 854 g/mol. The van der Waals surface area contributed by atoms with Gasteiger partial charge in [0.25, 0.3) is 0 Å². The van der Waals surface area contributed by atoms with E-state index < -0.39 is 13.9 Å². The van der Waals surface area contributed by atoms with Gasteiger partial charge in [-0.2, -0.15) is 0 Å². The van der Waals surface area contributed by atoms with Gasteiger partial charge in [-0.3, -0.25) is 13.8 Å². The second kappa shape index (κ2) is 47.8. The predicted octanol–water partition coefficient (Wildman–Crippen LogP) is 15.4. The van der Waals surface area contributed by atoms with Gasteiger partial charge in [-0.1, -0.05) is 224 Å². The minimum atomic E-state index is -4.28. The molecule has 2 unspecified atom stereocenters. The van der Waals surface area contributed by atoms with Crippen LogP contribution < -0.4 is 5.73 Å². The Morgan fingerprint density at radius 1 is 0.525 bits per heavy atom. The highest BCUT2D eigenvalue weighted by molar-refractivity contribution is 7.47. The molecule has 0 heterocycles. The fraction of sp³-hybridized carbons (Fsp3) is 0.860. The van der Waals surface area contributed by atoms with Crippen molar-refractivity contribution in [1.82, 2.24) is 0 Å². The van der Waals surface area contributed by atoms with Crippen LogP contribution in [0, 0.1) is 0 Å². The maximum absolute atomic E-state index is 12.6. The number of phosphoric acid groups is 1.